The molecule has 6 nitrogen and oxygen atoms in total. The molecule has 6 heteroatoms. The van der Waals surface area contributed by atoms with Crippen molar-refractivity contribution in [2.45, 2.75) is 32.8 Å². The van der Waals surface area contributed by atoms with Crippen LogP contribution in [0, 0.1) is 6.57 Å². The number of fused-ring (bicyclic) bond motifs is 1. The Balaban J connectivity index is 1.69. The Morgan fingerprint density at radius 1 is 1.18 bits per heavy atom. The molecule has 1 aliphatic heterocycles. The Hall–Kier alpha value is -3.17. The lowest BCUT2D eigenvalue weighted by atomic mass is 9.97. The number of nitrogens with one attached hydrogen (secondary N) is 1. The van der Waals surface area contributed by atoms with Crippen molar-refractivity contribution in [3.63, 3.8) is 0 Å². The van der Waals surface area contributed by atoms with Crippen LogP contribution in [0.2, 0.25) is 0 Å². The second-order valence-corrected chi connectivity index (χ2v) is 7.08. The average molecular weight is 374 g/mol. The monoisotopic (exact) mass is 374 g/mol. The molecular weight excluding hydrogens is 352 g/mol. The van der Waals surface area contributed by atoms with Gasteiger partial charge in [-0.05, 0) is 69.1 Å². The molecule has 3 aromatic rings. The maximum Gasteiger partial charge on any atom is 0.256 e. The Morgan fingerprint density at radius 3 is 2.86 bits per heavy atom. The van der Waals surface area contributed by atoms with E-state index in [1.165, 1.54) is 11.1 Å². The number of nitrogens with zero attached hydrogens (tertiary/aromatic N) is 3. The van der Waals surface area contributed by atoms with Gasteiger partial charge in [-0.3, -0.25) is 0 Å². The summed E-state index contributed by atoms with van der Waals surface area (Å²) in [7, 11) is 0. The van der Waals surface area contributed by atoms with Gasteiger partial charge >= 0.3 is 0 Å². The molecule has 0 aliphatic carbocycles. The molecule has 0 bridgehead atoms. The highest BCUT2D eigenvalue weighted by molar-refractivity contribution is 5.70. The topological polar surface area (TPSA) is 64.5 Å². The van der Waals surface area contributed by atoms with Crippen LogP contribution in [-0.2, 0) is 12.8 Å². The maximum atomic E-state index is 7.43. The van der Waals surface area contributed by atoms with Gasteiger partial charge in [-0.25, -0.2) is 4.85 Å². The molecule has 4 rings (SSSR count). The molecule has 0 radical (unpaired) electrons. The Bertz CT molecular complexity index is 1030. The summed E-state index contributed by atoms with van der Waals surface area (Å²) in [5.74, 6) is 1.55. The van der Waals surface area contributed by atoms with Crippen molar-refractivity contribution in [1.29, 1.82) is 0 Å². The van der Waals surface area contributed by atoms with E-state index in [4.69, 9.17) is 15.8 Å². The van der Waals surface area contributed by atoms with Crippen molar-refractivity contribution >= 4 is 5.69 Å². The number of hydrogen-bond donors (Lipinski definition) is 1. The summed E-state index contributed by atoms with van der Waals surface area (Å²) in [5.41, 5.74) is 4.78. The van der Waals surface area contributed by atoms with Crippen molar-refractivity contribution in [2.24, 2.45) is 0 Å². The smallest absolute Gasteiger partial charge is 0.256 e. The highest BCUT2D eigenvalue weighted by Crippen LogP contribution is 2.34. The first-order valence-corrected chi connectivity index (χ1v) is 9.50. The fourth-order valence-corrected chi connectivity index (χ4v) is 3.48. The molecule has 2 heterocycles. The SMILES string of the molecule is [C-]#[N+]c1cc(-c2nc(-c3cccc4c3CCNCC4)no2)ccc1OC(C)C. The molecule has 0 spiro atoms. The molecular formula is C22H22N4O2. The van der Waals surface area contributed by atoms with Crippen LogP contribution in [0.25, 0.3) is 27.7 Å². The highest BCUT2D eigenvalue weighted by atomic mass is 16.5. The number of hydrogen-bond acceptors (Lipinski definition) is 5. The predicted molar refractivity (Wildman–Crippen MR) is 107 cm³/mol. The maximum absolute atomic E-state index is 7.43. The number of benzene rings is 2. The summed E-state index contributed by atoms with van der Waals surface area (Å²) in [6.45, 7) is 13.2. The van der Waals surface area contributed by atoms with Gasteiger partial charge < -0.3 is 14.6 Å². The van der Waals surface area contributed by atoms with Crippen molar-refractivity contribution < 1.29 is 9.26 Å². The van der Waals surface area contributed by atoms with Gasteiger partial charge in [-0.2, -0.15) is 4.98 Å². The molecule has 142 valence electrons. The second kappa shape index (κ2) is 7.83. The molecule has 2 aromatic carbocycles. The standard InChI is InChI=1S/C22H22N4O2/c1-14(2)27-20-8-7-16(13-19(20)23-3)22-25-21(26-28-22)18-6-4-5-15-9-11-24-12-10-17(15)18/h4-8,13-14,24H,9-12H2,1-2H3. The van der Waals surface area contributed by atoms with Gasteiger partial charge in [0, 0.05) is 11.1 Å². The minimum Gasteiger partial charge on any atom is -0.502 e. The summed E-state index contributed by atoms with van der Waals surface area (Å²) in [6.07, 6.45) is 1.95. The van der Waals surface area contributed by atoms with Crippen molar-refractivity contribution in [3.8, 4) is 28.6 Å². The van der Waals surface area contributed by atoms with Crippen LogP contribution in [-0.4, -0.2) is 29.3 Å². The van der Waals surface area contributed by atoms with Crippen LogP contribution >= 0.6 is 0 Å². The van der Waals surface area contributed by atoms with Crippen LogP contribution in [0.3, 0.4) is 0 Å². The molecule has 1 aromatic heterocycles. The largest absolute Gasteiger partial charge is 0.502 e. The average Bonchev–Trinajstić information content (AvgIpc) is 3.05. The van der Waals surface area contributed by atoms with Gasteiger partial charge in [0.1, 0.15) is 5.75 Å². The summed E-state index contributed by atoms with van der Waals surface area (Å²) in [6, 6.07) is 11.6. The third-order valence-electron chi connectivity index (χ3n) is 4.75. The van der Waals surface area contributed by atoms with Gasteiger partial charge in [0.15, 0.2) is 0 Å². The van der Waals surface area contributed by atoms with Crippen LogP contribution in [0.4, 0.5) is 5.69 Å². The minimum atomic E-state index is 0.00388. The molecule has 0 unspecified atom stereocenters. The van der Waals surface area contributed by atoms with E-state index in [9.17, 15) is 0 Å². The van der Waals surface area contributed by atoms with Gasteiger partial charge in [-0.15, -0.1) is 0 Å². The lowest BCUT2D eigenvalue weighted by Crippen LogP contribution is -2.16. The summed E-state index contributed by atoms with van der Waals surface area (Å²) in [5, 5.41) is 7.64. The number of aromatic nitrogens is 2. The van der Waals surface area contributed by atoms with E-state index in [1.807, 2.05) is 32.0 Å². The first-order chi connectivity index (χ1) is 13.7. The van der Waals surface area contributed by atoms with Gasteiger partial charge in [0.2, 0.25) is 11.5 Å². The number of rotatable bonds is 4. The summed E-state index contributed by atoms with van der Waals surface area (Å²) >= 11 is 0. The highest BCUT2D eigenvalue weighted by Gasteiger charge is 2.18. The number of ether oxygens (including phenoxy) is 1. The van der Waals surface area contributed by atoms with Crippen LogP contribution < -0.4 is 10.1 Å². The van der Waals surface area contributed by atoms with E-state index in [2.05, 4.69) is 26.4 Å². The molecule has 0 saturated heterocycles. The van der Waals surface area contributed by atoms with E-state index < -0.39 is 0 Å². The van der Waals surface area contributed by atoms with Gasteiger partial charge in [0.05, 0.1) is 12.7 Å². The second-order valence-electron chi connectivity index (χ2n) is 7.08. The zero-order chi connectivity index (χ0) is 19.5. The third kappa shape index (κ3) is 3.62. The Morgan fingerprint density at radius 2 is 2.04 bits per heavy atom. The lowest BCUT2D eigenvalue weighted by molar-refractivity contribution is 0.244. The minimum absolute atomic E-state index is 0.00388. The van der Waals surface area contributed by atoms with Crippen molar-refractivity contribution in [1.82, 2.24) is 15.5 Å². The Labute approximate surface area is 164 Å². The van der Waals surface area contributed by atoms with Gasteiger partial charge in [0.25, 0.3) is 5.89 Å². The van der Waals surface area contributed by atoms with Crippen LogP contribution in [0.15, 0.2) is 40.9 Å². The van der Waals surface area contributed by atoms with Crippen molar-refractivity contribution in [3.05, 3.63) is 58.9 Å². The Kier molecular flexibility index (Phi) is 5.09. The molecule has 1 aliphatic rings. The third-order valence-corrected chi connectivity index (χ3v) is 4.75. The van der Waals surface area contributed by atoms with E-state index in [-0.39, 0.29) is 6.10 Å². The molecule has 1 N–H and O–H groups in total. The van der Waals surface area contributed by atoms with Crippen LogP contribution in [0.5, 0.6) is 5.75 Å². The molecule has 0 amide bonds. The normalized spacial score (nSPS) is 13.6. The van der Waals surface area contributed by atoms with Crippen molar-refractivity contribution in [2.75, 3.05) is 13.1 Å². The van der Waals surface area contributed by atoms with E-state index in [0.29, 0.717) is 28.7 Å². The lowest BCUT2D eigenvalue weighted by Gasteiger charge is -2.11. The zero-order valence-electron chi connectivity index (χ0n) is 16.0. The van der Waals surface area contributed by atoms with E-state index >= 15 is 0 Å². The zero-order valence-corrected chi connectivity index (χ0v) is 16.0. The fourth-order valence-electron chi connectivity index (χ4n) is 3.48. The first kappa shape index (κ1) is 18.2. The molecule has 0 atom stereocenters. The first-order valence-electron chi connectivity index (χ1n) is 9.50. The summed E-state index contributed by atoms with van der Waals surface area (Å²) in [4.78, 5) is 8.18. The molecule has 0 saturated carbocycles. The van der Waals surface area contributed by atoms with Crippen LogP contribution in [0.1, 0.15) is 25.0 Å². The van der Waals surface area contributed by atoms with E-state index in [0.717, 1.165) is 31.5 Å². The molecule has 28 heavy (non-hydrogen) atoms. The summed E-state index contributed by atoms with van der Waals surface area (Å²) < 4.78 is 11.2. The molecule has 0 fully saturated rings. The quantitative estimate of drug-likeness (QED) is 0.685. The van der Waals surface area contributed by atoms with Gasteiger partial charge in [-0.1, -0.05) is 23.4 Å². The predicted octanol–water partition coefficient (Wildman–Crippen LogP) is 4.43. The van der Waals surface area contributed by atoms with E-state index in [1.54, 1.807) is 12.1 Å². The fraction of sp³-hybridized carbons (Fsp3) is 0.318.